The van der Waals surface area contributed by atoms with Gasteiger partial charge in [-0.1, -0.05) is 75.0 Å². The molecule has 0 saturated heterocycles. The number of likely N-dealkylation sites (N-methyl/N-ethyl adjacent to an activating group) is 1. The van der Waals surface area contributed by atoms with Crippen molar-refractivity contribution in [3.63, 3.8) is 0 Å². The Labute approximate surface area is 173 Å². The molecular formula is C25H30N2S. The van der Waals surface area contributed by atoms with Crippen LogP contribution in [0.25, 0.3) is 5.57 Å². The Morgan fingerprint density at radius 1 is 1.00 bits per heavy atom. The van der Waals surface area contributed by atoms with Crippen molar-refractivity contribution < 1.29 is 0 Å². The predicted octanol–water partition coefficient (Wildman–Crippen LogP) is 6.23. The molecule has 0 bridgehead atoms. The summed E-state index contributed by atoms with van der Waals surface area (Å²) in [5.74, 6) is 0. The van der Waals surface area contributed by atoms with E-state index >= 15 is 0 Å². The van der Waals surface area contributed by atoms with Gasteiger partial charge in [0.1, 0.15) is 0 Å². The molecule has 0 aliphatic heterocycles. The number of thiazole rings is 1. The van der Waals surface area contributed by atoms with Crippen molar-refractivity contribution in [1.29, 1.82) is 0 Å². The van der Waals surface area contributed by atoms with E-state index in [4.69, 9.17) is 0 Å². The first-order chi connectivity index (χ1) is 13.3. The lowest BCUT2D eigenvalue weighted by atomic mass is 9.78. The van der Waals surface area contributed by atoms with E-state index in [9.17, 15) is 0 Å². The smallest absolute Gasteiger partial charge is 0.0903 e. The Bertz CT molecular complexity index is 936. The summed E-state index contributed by atoms with van der Waals surface area (Å²) in [6, 6.07) is 19.7. The number of rotatable bonds is 7. The SMILES string of the molecule is C=C(CN(C)Cc1ccc(C(C)(C)c2ccccc2)cc1)c1sc(C)nc1C. The van der Waals surface area contributed by atoms with Crippen LogP contribution >= 0.6 is 11.3 Å². The fraction of sp³-hybridized carbons (Fsp3) is 0.320. The summed E-state index contributed by atoms with van der Waals surface area (Å²) in [5, 5.41) is 1.10. The maximum atomic E-state index is 4.52. The molecule has 0 N–H and O–H groups in total. The van der Waals surface area contributed by atoms with Gasteiger partial charge in [-0.2, -0.15) is 0 Å². The van der Waals surface area contributed by atoms with E-state index in [2.05, 4.69) is 106 Å². The second-order valence-corrected chi connectivity index (χ2v) is 9.31. The van der Waals surface area contributed by atoms with Crippen molar-refractivity contribution in [2.75, 3.05) is 13.6 Å². The maximum Gasteiger partial charge on any atom is 0.0903 e. The van der Waals surface area contributed by atoms with Crippen LogP contribution in [0.3, 0.4) is 0 Å². The van der Waals surface area contributed by atoms with E-state index in [0.717, 1.165) is 29.4 Å². The Morgan fingerprint density at radius 2 is 1.61 bits per heavy atom. The van der Waals surface area contributed by atoms with E-state index in [1.807, 2.05) is 0 Å². The number of aryl methyl sites for hydroxylation is 2. The zero-order valence-corrected chi connectivity index (χ0v) is 18.4. The summed E-state index contributed by atoms with van der Waals surface area (Å²) in [4.78, 5) is 8.06. The molecule has 0 amide bonds. The van der Waals surface area contributed by atoms with Gasteiger partial charge in [0.2, 0.25) is 0 Å². The third-order valence-corrected chi connectivity index (χ3v) is 6.48. The van der Waals surface area contributed by atoms with Crippen LogP contribution in [-0.4, -0.2) is 23.5 Å². The lowest BCUT2D eigenvalue weighted by molar-refractivity contribution is 0.369. The average molecular weight is 391 g/mol. The van der Waals surface area contributed by atoms with Crippen LogP contribution in [-0.2, 0) is 12.0 Å². The van der Waals surface area contributed by atoms with Crippen molar-refractivity contribution >= 4 is 16.9 Å². The minimum atomic E-state index is 0.00152. The molecule has 0 atom stereocenters. The minimum absolute atomic E-state index is 0.00152. The molecule has 0 saturated carbocycles. The second-order valence-electron chi connectivity index (χ2n) is 8.11. The van der Waals surface area contributed by atoms with Crippen molar-refractivity contribution in [1.82, 2.24) is 9.88 Å². The molecule has 3 heteroatoms. The van der Waals surface area contributed by atoms with E-state index in [1.165, 1.54) is 21.6 Å². The molecule has 28 heavy (non-hydrogen) atoms. The average Bonchev–Trinajstić information content (AvgIpc) is 3.01. The summed E-state index contributed by atoms with van der Waals surface area (Å²) in [5.41, 5.74) is 6.24. The van der Waals surface area contributed by atoms with Gasteiger partial charge in [-0.05, 0) is 43.2 Å². The Morgan fingerprint density at radius 3 is 2.18 bits per heavy atom. The lowest BCUT2D eigenvalue weighted by Crippen LogP contribution is -2.21. The van der Waals surface area contributed by atoms with Crippen LogP contribution in [0.15, 0.2) is 61.2 Å². The fourth-order valence-corrected chi connectivity index (χ4v) is 4.55. The third-order valence-electron chi connectivity index (χ3n) is 5.31. The summed E-state index contributed by atoms with van der Waals surface area (Å²) < 4.78 is 0. The van der Waals surface area contributed by atoms with Crippen LogP contribution in [0.5, 0.6) is 0 Å². The molecule has 0 spiro atoms. The van der Waals surface area contributed by atoms with Gasteiger partial charge in [0.15, 0.2) is 0 Å². The van der Waals surface area contributed by atoms with Crippen LogP contribution in [0.1, 0.15) is 46.1 Å². The van der Waals surface area contributed by atoms with E-state index in [-0.39, 0.29) is 5.41 Å². The predicted molar refractivity (Wildman–Crippen MR) is 122 cm³/mol. The first-order valence-electron chi connectivity index (χ1n) is 9.73. The number of benzene rings is 2. The zero-order valence-electron chi connectivity index (χ0n) is 17.6. The summed E-state index contributed by atoms with van der Waals surface area (Å²) >= 11 is 1.74. The highest BCUT2D eigenvalue weighted by Gasteiger charge is 2.22. The molecule has 2 nitrogen and oxygen atoms in total. The van der Waals surface area contributed by atoms with E-state index in [0.29, 0.717) is 0 Å². The Balaban J connectivity index is 1.65. The van der Waals surface area contributed by atoms with Crippen LogP contribution in [0.4, 0.5) is 0 Å². The van der Waals surface area contributed by atoms with Gasteiger partial charge in [0.25, 0.3) is 0 Å². The standard InChI is InChI=1S/C25H30N2S/c1-18(24-19(2)26-20(3)28-24)16-27(6)17-21-12-14-23(15-13-21)25(4,5)22-10-8-7-9-11-22/h7-15H,1,16-17H2,2-6H3. The van der Waals surface area contributed by atoms with E-state index < -0.39 is 0 Å². The molecule has 1 heterocycles. The first kappa shape index (κ1) is 20.5. The molecule has 0 unspecified atom stereocenters. The lowest BCUT2D eigenvalue weighted by Gasteiger charge is -2.26. The fourth-order valence-electron chi connectivity index (χ4n) is 3.67. The normalized spacial score (nSPS) is 11.8. The monoisotopic (exact) mass is 390 g/mol. The number of hydrogen-bond acceptors (Lipinski definition) is 3. The minimum Gasteiger partial charge on any atom is -0.298 e. The van der Waals surface area contributed by atoms with Gasteiger partial charge >= 0.3 is 0 Å². The zero-order chi connectivity index (χ0) is 20.3. The van der Waals surface area contributed by atoms with Gasteiger partial charge in [0.05, 0.1) is 15.6 Å². The molecule has 0 aliphatic carbocycles. The van der Waals surface area contributed by atoms with Crippen molar-refractivity contribution in [2.45, 2.75) is 39.7 Å². The molecule has 1 aromatic heterocycles. The van der Waals surface area contributed by atoms with E-state index in [1.54, 1.807) is 11.3 Å². The second kappa shape index (κ2) is 8.42. The van der Waals surface area contributed by atoms with Gasteiger partial charge in [0, 0.05) is 18.5 Å². The van der Waals surface area contributed by atoms with Gasteiger partial charge in [-0.15, -0.1) is 11.3 Å². The van der Waals surface area contributed by atoms with Crippen LogP contribution in [0, 0.1) is 13.8 Å². The van der Waals surface area contributed by atoms with Gasteiger partial charge < -0.3 is 0 Å². The molecule has 3 aromatic rings. The van der Waals surface area contributed by atoms with Gasteiger partial charge in [-0.3, -0.25) is 4.90 Å². The highest BCUT2D eigenvalue weighted by molar-refractivity contribution is 7.12. The van der Waals surface area contributed by atoms with Crippen LogP contribution < -0.4 is 0 Å². The quantitative estimate of drug-likeness (QED) is 0.475. The summed E-state index contributed by atoms with van der Waals surface area (Å²) in [6.07, 6.45) is 0. The van der Waals surface area contributed by atoms with Crippen LogP contribution in [0.2, 0.25) is 0 Å². The van der Waals surface area contributed by atoms with Crippen molar-refractivity contribution in [3.8, 4) is 0 Å². The highest BCUT2D eigenvalue weighted by Crippen LogP contribution is 2.31. The third kappa shape index (κ3) is 4.60. The molecular weight excluding hydrogens is 360 g/mol. The summed E-state index contributed by atoms with van der Waals surface area (Å²) in [6.45, 7) is 14.7. The molecule has 0 radical (unpaired) electrons. The topological polar surface area (TPSA) is 16.1 Å². The molecule has 0 fully saturated rings. The largest absolute Gasteiger partial charge is 0.298 e. The number of aromatic nitrogens is 1. The van der Waals surface area contributed by atoms with Gasteiger partial charge in [-0.25, -0.2) is 4.98 Å². The highest BCUT2D eigenvalue weighted by atomic mass is 32.1. The van der Waals surface area contributed by atoms with Crippen molar-refractivity contribution in [3.05, 3.63) is 93.4 Å². The molecule has 146 valence electrons. The maximum absolute atomic E-state index is 4.52. The summed E-state index contributed by atoms with van der Waals surface area (Å²) in [7, 11) is 2.15. The molecule has 3 rings (SSSR count). The Kier molecular flexibility index (Phi) is 6.17. The number of hydrogen-bond donors (Lipinski definition) is 0. The molecule has 0 aliphatic rings. The number of nitrogens with zero attached hydrogens (tertiary/aromatic N) is 2. The first-order valence-corrected chi connectivity index (χ1v) is 10.5. The van der Waals surface area contributed by atoms with Crippen molar-refractivity contribution in [2.24, 2.45) is 0 Å². The molecule has 2 aromatic carbocycles. The Hall–Kier alpha value is -2.23.